The molecule has 0 unspecified atom stereocenters. The number of fused-ring (bicyclic) bond motifs is 1. The third-order valence-corrected chi connectivity index (χ3v) is 5.29. The number of aromatic amines is 1. The summed E-state index contributed by atoms with van der Waals surface area (Å²) in [5.74, 6) is 0.0521. The molecule has 6 heteroatoms. The maximum Gasteiger partial charge on any atom is 0.328 e. The van der Waals surface area contributed by atoms with Crippen molar-refractivity contribution in [1.82, 2.24) is 14.9 Å². The topological polar surface area (TPSA) is 84.0 Å². The maximum absolute atomic E-state index is 12.5. The Labute approximate surface area is 176 Å². The van der Waals surface area contributed by atoms with E-state index in [2.05, 4.69) is 22.4 Å². The first kappa shape index (κ1) is 21.6. The van der Waals surface area contributed by atoms with Crippen LogP contribution in [0, 0.1) is 0 Å². The van der Waals surface area contributed by atoms with Crippen LogP contribution in [-0.4, -0.2) is 21.5 Å². The molecule has 1 heterocycles. The van der Waals surface area contributed by atoms with E-state index in [0.717, 1.165) is 25.7 Å². The molecule has 30 heavy (non-hydrogen) atoms. The molecule has 0 saturated heterocycles. The van der Waals surface area contributed by atoms with Crippen molar-refractivity contribution >= 4 is 16.8 Å². The Kier molecular flexibility index (Phi) is 7.60. The summed E-state index contributed by atoms with van der Waals surface area (Å²) in [6, 6.07) is 17.4. The van der Waals surface area contributed by atoms with Gasteiger partial charge in [-0.3, -0.25) is 14.2 Å². The number of amides is 1. The molecule has 1 atom stereocenters. The molecule has 3 aromatic rings. The van der Waals surface area contributed by atoms with E-state index in [9.17, 15) is 14.4 Å². The number of carbonyl (C=O) groups excluding carboxylic acids is 1. The number of aromatic nitrogens is 2. The summed E-state index contributed by atoms with van der Waals surface area (Å²) < 4.78 is 1.24. The molecule has 6 nitrogen and oxygen atoms in total. The number of unbranched alkanes of at least 4 members (excludes halogenated alkanes) is 2. The van der Waals surface area contributed by atoms with Crippen LogP contribution >= 0.6 is 0 Å². The summed E-state index contributed by atoms with van der Waals surface area (Å²) in [4.78, 5) is 39.5. The molecular formula is C24H29N3O3. The zero-order chi connectivity index (χ0) is 21.3. The molecule has 1 amide bonds. The van der Waals surface area contributed by atoms with Gasteiger partial charge in [0.15, 0.2) is 0 Å². The fraction of sp³-hybridized carbons (Fsp3) is 0.375. The van der Waals surface area contributed by atoms with Crippen molar-refractivity contribution in [3.05, 3.63) is 81.0 Å². The number of H-pyrrole nitrogens is 1. The fourth-order valence-corrected chi connectivity index (χ4v) is 3.58. The van der Waals surface area contributed by atoms with Crippen LogP contribution in [0.5, 0.6) is 0 Å². The molecule has 0 fully saturated rings. The minimum atomic E-state index is -0.385. The molecular weight excluding hydrogens is 378 g/mol. The number of carbonyl (C=O) groups is 1. The van der Waals surface area contributed by atoms with Gasteiger partial charge in [-0.05, 0) is 50.3 Å². The second-order valence-electron chi connectivity index (χ2n) is 7.74. The van der Waals surface area contributed by atoms with Gasteiger partial charge in [0.1, 0.15) is 0 Å². The lowest BCUT2D eigenvalue weighted by molar-refractivity contribution is -0.121. The molecule has 0 radical (unpaired) electrons. The largest absolute Gasteiger partial charge is 0.354 e. The first-order valence-electron chi connectivity index (χ1n) is 10.6. The molecule has 2 aromatic carbocycles. The highest BCUT2D eigenvalue weighted by atomic mass is 16.2. The van der Waals surface area contributed by atoms with Gasteiger partial charge >= 0.3 is 5.69 Å². The van der Waals surface area contributed by atoms with Crippen molar-refractivity contribution in [2.24, 2.45) is 0 Å². The number of benzene rings is 2. The van der Waals surface area contributed by atoms with Gasteiger partial charge in [-0.15, -0.1) is 0 Å². The molecule has 2 N–H and O–H groups in total. The van der Waals surface area contributed by atoms with Crippen LogP contribution in [0.1, 0.15) is 44.6 Å². The van der Waals surface area contributed by atoms with Gasteiger partial charge < -0.3 is 10.3 Å². The van der Waals surface area contributed by atoms with Gasteiger partial charge in [0.05, 0.1) is 10.9 Å². The summed E-state index contributed by atoms with van der Waals surface area (Å²) in [6.07, 6.45) is 4.50. The average molecular weight is 408 g/mol. The second-order valence-corrected chi connectivity index (χ2v) is 7.74. The second kappa shape index (κ2) is 10.6. The van der Waals surface area contributed by atoms with Crippen molar-refractivity contribution in [3.63, 3.8) is 0 Å². The highest BCUT2D eigenvalue weighted by molar-refractivity contribution is 5.77. The quantitative estimate of drug-likeness (QED) is 0.505. The van der Waals surface area contributed by atoms with E-state index >= 15 is 0 Å². The van der Waals surface area contributed by atoms with E-state index < -0.39 is 0 Å². The number of aryl methyl sites for hydroxylation is 1. The lowest BCUT2D eigenvalue weighted by Gasteiger charge is -2.14. The smallest absolute Gasteiger partial charge is 0.328 e. The Morgan fingerprint density at radius 2 is 1.73 bits per heavy atom. The molecule has 0 saturated carbocycles. The standard InChI is InChI=1S/C24H29N3O3/c1-18(15-16-19-10-4-2-5-11-19)25-22(28)14-6-3-9-17-27-23(29)20-12-7-8-13-21(20)26-24(27)30/h2,4-5,7-8,10-13,18H,3,6,9,14-17H2,1H3,(H,25,28)(H,26,30)/t18-/m1/s1. The molecule has 0 spiro atoms. The molecule has 0 bridgehead atoms. The van der Waals surface area contributed by atoms with Crippen molar-refractivity contribution in [3.8, 4) is 0 Å². The van der Waals surface area contributed by atoms with Gasteiger partial charge in [0.2, 0.25) is 5.91 Å². The number of hydrogen-bond acceptors (Lipinski definition) is 3. The lowest BCUT2D eigenvalue weighted by Crippen LogP contribution is -2.35. The predicted molar refractivity (Wildman–Crippen MR) is 120 cm³/mol. The van der Waals surface area contributed by atoms with E-state index in [1.54, 1.807) is 24.3 Å². The Hall–Kier alpha value is -3.15. The van der Waals surface area contributed by atoms with Crippen molar-refractivity contribution < 1.29 is 4.79 Å². The molecule has 1 aromatic heterocycles. The van der Waals surface area contributed by atoms with Crippen LogP contribution in [-0.2, 0) is 17.8 Å². The molecule has 0 aliphatic rings. The number of para-hydroxylation sites is 1. The van der Waals surface area contributed by atoms with Gasteiger partial charge in [-0.25, -0.2) is 4.79 Å². The van der Waals surface area contributed by atoms with Gasteiger partial charge in [-0.1, -0.05) is 48.9 Å². The SMILES string of the molecule is C[C@H](CCc1ccccc1)NC(=O)CCCCCn1c(=O)[nH]c2ccccc2c1=O. The third-order valence-electron chi connectivity index (χ3n) is 5.29. The highest BCUT2D eigenvalue weighted by Gasteiger charge is 2.09. The molecule has 3 rings (SSSR count). The van der Waals surface area contributed by atoms with Crippen molar-refractivity contribution in [2.45, 2.75) is 58.0 Å². The zero-order valence-electron chi connectivity index (χ0n) is 17.4. The summed E-state index contributed by atoms with van der Waals surface area (Å²) in [5, 5.41) is 3.56. The summed E-state index contributed by atoms with van der Waals surface area (Å²) >= 11 is 0. The number of hydrogen-bond donors (Lipinski definition) is 2. The van der Waals surface area contributed by atoms with Crippen molar-refractivity contribution in [2.75, 3.05) is 0 Å². The van der Waals surface area contributed by atoms with Gasteiger partial charge in [0.25, 0.3) is 5.56 Å². The van der Waals surface area contributed by atoms with E-state index in [1.807, 2.05) is 25.1 Å². The van der Waals surface area contributed by atoms with Crippen LogP contribution in [0.25, 0.3) is 10.9 Å². The van der Waals surface area contributed by atoms with E-state index in [1.165, 1.54) is 10.1 Å². The first-order chi connectivity index (χ1) is 14.5. The maximum atomic E-state index is 12.5. The molecule has 0 aliphatic heterocycles. The Balaban J connectivity index is 1.38. The summed E-state index contributed by atoms with van der Waals surface area (Å²) in [6.45, 7) is 2.38. The van der Waals surface area contributed by atoms with E-state index in [0.29, 0.717) is 30.3 Å². The number of nitrogens with one attached hydrogen (secondary N) is 2. The van der Waals surface area contributed by atoms with Crippen LogP contribution in [0.3, 0.4) is 0 Å². The summed E-state index contributed by atoms with van der Waals surface area (Å²) in [7, 11) is 0. The number of rotatable bonds is 10. The molecule has 158 valence electrons. The summed E-state index contributed by atoms with van der Waals surface area (Å²) in [5.41, 5.74) is 1.18. The Bertz CT molecular complexity index is 1090. The number of nitrogens with zero attached hydrogens (tertiary/aromatic N) is 1. The van der Waals surface area contributed by atoms with Crippen LogP contribution in [0.15, 0.2) is 64.2 Å². The van der Waals surface area contributed by atoms with Crippen LogP contribution in [0.2, 0.25) is 0 Å². The van der Waals surface area contributed by atoms with Crippen molar-refractivity contribution in [1.29, 1.82) is 0 Å². The van der Waals surface area contributed by atoms with E-state index in [4.69, 9.17) is 0 Å². The lowest BCUT2D eigenvalue weighted by atomic mass is 10.1. The predicted octanol–water partition coefficient (Wildman–Crippen LogP) is 3.39. The normalized spacial score (nSPS) is 12.0. The minimum absolute atomic E-state index is 0.0521. The molecule has 0 aliphatic carbocycles. The minimum Gasteiger partial charge on any atom is -0.354 e. The van der Waals surface area contributed by atoms with E-state index in [-0.39, 0.29) is 23.2 Å². The van der Waals surface area contributed by atoms with Crippen LogP contribution in [0.4, 0.5) is 0 Å². The van der Waals surface area contributed by atoms with Gasteiger partial charge in [-0.2, -0.15) is 0 Å². The Morgan fingerprint density at radius 3 is 2.53 bits per heavy atom. The first-order valence-corrected chi connectivity index (χ1v) is 10.6. The van der Waals surface area contributed by atoms with Gasteiger partial charge in [0, 0.05) is 19.0 Å². The van der Waals surface area contributed by atoms with Crippen LogP contribution < -0.4 is 16.6 Å². The monoisotopic (exact) mass is 407 g/mol. The highest BCUT2D eigenvalue weighted by Crippen LogP contribution is 2.07. The zero-order valence-corrected chi connectivity index (χ0v) is 17.4. The average Bonchev–Trinajstić information content (AvgIpc) is 2.75. The Morgan fingerprint density at radius 1 is 1.00 bits per heavy atom. The third kappa shape index (κ3) is 5.92. The fourth-order valence-electron chi connectivity index (χ4n) is 3.58.